The van der Waals surface area contributed by atoms with E-state index in [1.807, 2.05) is 25.1 Å². The molecule has 45 heavy (non-hydrogen) atoms. The zero-order valence-electron chi connectivity index (χ0n) is 25.7. The van der Waals surface area contributed by atoms with Gasteiger partial charge in [0.1, 0.15) is 18.5 Å². The summed E-state index contributed by atoms with van der Waals surface area (Å²) in [5, 5.41) is 20.7. The van der Waals surface area contributed by atoms with Gasteiger partial charge in [0, 0.05) is 43.7 Å². The van der Waals surface area contributed by atoms with Crippen molar-refractivity contribution in [3.8, 4) is 0 Å². The van der Waals surface area contributed by atoms with E-state index in [4.69, 9.17) is 13.9 Å². The number of pyridine rings is 1. The molecule has 1 saturated carbocycles. The Morgan fingerprint density at radius 3 is 2.58 bits per heavy atom. The van der Waals surface area contributed by atoms with Crippen LogP contribution >= 0.6 is 0 Å². The number of benzene rings is 1. The molecule has 3 aromatic rings. The third-order valence-electron chi connectivity index (χ3n) is 8.45. The minimum absolute atomic E-state index is 0.0685. The number of aliphatic hydroxyl groups is 2. The molecule has 5 unspecified atom stereocenters. The van der Waals surface area contributed by atoms with Gasteiger partial charge < -0.3 is 24.1 Å². The van der Waals surface area contributed by atoms with Crippen LogP contribution in [0.25, 0.3) is 0 Å². The Morgan fingerprint density at radius 1 is 1.09 bits per heavy atom. The average molecular weight is 622 g/mol. The van der Waals surface area contributed by atoms with Crippen molar-refractivity contribution in [2.45, 2.75) is 76.4 Å². The number of rotatable bonds is 18. The van der Waals surface area contributed by atoms with E-state index in [0.717, 1.165) is 5.56 Å². The summed E-state index contributed by atoms with van der Waals surface area (Å²) < 4.78 is 31.3. The quantitative estimate of drug-likeness (QED) is 0.104. The third-order valence-corrected chi connectivity index (χ3v) is 8.45. The summed E-state index contributed by atoms with van der Waals surface area (Å²) in [6.07, 6.45) is 7.75. The Morgan fingerprint density at radius 2 is 1.87 bits per heavy atom. The number of ether oxygens (including phenoxy) is 2. The van der Waals surface area contributed by atoms with Crippen LogP contribution < -0.4 is 0 Å². The number of hydrogen-bond donors (Lipinski definition) is 2. The fourth-order valence-electron chi connectivity index (χ4n) is 5.98. The van der Waals surface area contributed by atoms with Crippen LogP contribution in [0, 0.1) is 17.8 Å². The number of halogens is 1. The third kappa shape index (κ3) is 10.4. The molecular weight excluding hydrogens is 577 g/mol. The average Bonchev–Trinajstić information content (AvgIpc) is 3.66. The zero-order chi connectivity index (χ0) is 32.0. The monoisotopic (exact) mass is 621 g/mol. The van der Waals surface area contributed by atoms with Gasteiger partial charge in [-0.25, -0.2) is 9.18 Å². The topological polar surface area (TPSA) is 119 Å². The second-order valence-electron chi connectivity index (χ2n) is 11.7. The summed E-state index contributed by atoms with van der Waals surface area (Å²) in [4.78, 5) is 30.4. The molecule has 2 heterocycles. The van der Waals surface area contributed by atoms with E-state index in [1.54, 1.807) is 67.2 Å². The molecule has 7 atom stereocenters. The largest absolute Gasteiger partial charge is 0.469 e. The summed E-state index contributed by atoms with van der Waals surface area (Å²) in [5.74, 6) is -1.23. The van der Waals surface area contributed by atoms with E-state index < -0.39 is 30.5 Å². The van der Waals surface area contributed by atoms with Crippen LogP contribution in [0.4, 0.5) is 4.39 Å². The van der Waals surface area contributed by atoms with Gasteiger partial charge in [-0.3, -0.25) is 9.78 Å². The molecule has 242 valence electrons. The maximum atomic E-state index is 14.7. The first kappa shape index (κ1) is 34.2. The van der Waals surface area contributed by atoms with Gasteiger partial charge in [-0.15, -0.1) is 0 Å². The molecular formula is C36H44FNO7. The molecule has 4 rings (SSSR count). The Balaban J connectivity index is 1.22. The molecule has 2 N–H and O–H groups in total. The van der Waals surface area contributed by atoms with Gasteiger partial charge in [0.25, 0.3) is 0 Å². The number of nitrogens with zero attached hydrogens (tertiary/aromatic N) is 1. The number of carbonyl (C=O) groups is 2. The fourth-order valence-corrected chi connectivity index (χ4v) is 5.98. The van der Waals surface area contributed by atoms with Crippen LogP contribution in [0.1, 0.15) is 62.0 Å². The molecule has 1 fully saturated rings. The summed E-state index contributed by atoms with van der Waals surface area (Å²) in [5.41, 5.74) is 1.60. The first-order chi connectivity index (χ1) is 21.9. The van der Waals surface area contributed by atoms with Crippen molar-refractivity contribution in [2.24, 2.45) is 17.8 Å². The van der Waals surface area contributed by atoms with Crippen molar-refractivity contribution < 1.29 is 38.1 Å². The number of unbranched alkanes of at least 4 members (excludes halogenated alkanes) is 1. The van der Waals surface area contributed by atoms with Crippen molar-refractivity contribution in [3.05, 3.63) is 102 Å². The number of ketones is 1. The van der Waals surface area contributed by atoms with E-state index in [-0.39, 0.29) is 43.2 Å². The molecule has 1 aliphatic rings. The molecule has 1 aliphatic carbocycles. The lowest BCUT2D eigenvalue weighted by Crippen LogP contribution is -2.28. The van der Waals surface area contributed by atoms with E-state index in [9.17, 15) is 24.2 Å². The lowest BCUT2D eigenvalue weighted by Gasteiger charge is -2.22. The van der Waals surface area contributed by atoms with Crippen LogP contribution in [0.3, 0.4) is 0 Å². The second-order valence-corrected chi connectivity index (χ2v) is 11.7. The molecule has 9 heteroatoms. The number of hydrogen-bond acceptors (Lipinski definition) is 8. The second kappa shape index (κ2) is 17.7. The first-order valence-electron chi connectivity index (χ1n) is 15.8. The molecule has 8 nitrogen and oxygen atoms in total. The highest BCUT2D eigenvalue weighted by atomic mass is 19.1. The molecule has 0 spiro atoms. The van der Waals surface area contributed by atoms with Gasteiger partial charge >= 0.3 is 5.97 Å². The molecule has 1 aromatic carbocycles. The maximum Gasteiger partial charge on any atom is 0.333 e. The molecule has 0 aliphatic heterocycles. The number of Topliss-reactive ketones (excluding diaryl/α,β-unsaturated/α-hetero) is 1. The zero-order valence-corrected chi connectivity index (χ0v) is 25.7. The van der Waals surface area contributed by atoms with Gasteiger partial charge in [0.15, 0.2) is 11.9 Å². The molecule has 0 bridgehead atoms. The fraction of sp³-hybridized carbons (Fsp3) is 0.472. The minimum atomic E-state index is -1.13. The summed E-state index contributed by atoms with van der Waals surface area (Å²) in [6.45, 7) is 1.91. The maximum absolute atomic E-state index is 14.7. The highest BCUT2D eigenvalue weighted by Gasteiger charge is 2.41. The molecule has 0 saturated heterocycles. The van der Waals surface area contributed by atoms with Gasteiger partial charge in [-0.05, 0) is 67.0 Å². The number of aromatic nitrogens is 1. The Kier molecular flexibility index (Phi) is 13.5. The summed E-state index contributed by atoms with van der Waals surface area (Å²) >= 11 is 0. The van der Waals surface area contributed by atoms with Crippen molar-refractivity contribution in [3.63, 3.8) is 0 Å². The summed E-state index contributed by atoms with van der Waals surface area (Å²) in [6, 6.07) is 16.3. The molecule has 2 aromatic heterocycles. The van der Waals surface area contributed by atoms with E-state index in [2.05, 4.69) is 4.98 Å². The highest BCUT2D eigenvalue weighted by Crippen LogP contribution is 2.39. The number of carbonyl (C=O) groups excluding carboxylic acids is 2. The van der Waals surface area contributed by atoms with Crippen LogP contribution in [0.15, 0.2) is 89.8 Å². The highest BCUT2D eigenvalue weighted by molar-refractivity contribution is 5.89. The normalized spacial score (nSPS) is 21.9. The lowest BCUT2D eigenvalue weighted by atomic mass is 9.88. The number of furan rings is 1. The Labute approximate surface area is 264 Å². The SMILES string of the molecule is CCC(Cc1ccncc1)C(=O)C(OC(=O)COCCCC[C@H]1C(F)CC(O)[C@@H]1/C=C/C(O)Cc1ccco1)c1ccccc1. The standard InChI is InChI=1S/C36H44FNO7/c1-2-26(21-25-15-17-38-18-16-25)35(42)36(27-9-4-3-5-10-27)45-34(41)24-43-19-7-6-12-30-31(33(40)23-32(30)37)14-13-28(39)22-29-11-8-20-44-29/h3-5,8-11,13-18,20,26,28,30-33,36,39-40H,2,6-7,12,19,21-24H2,1H3/b14-13+/t26?,28?,30-,31-,32?,33?,36?/m1/s1. The number of esters is 1. The predicted molar refractivity (Wildman–Crippen MR) is 167 cm³/mol. The van der Waals surface area contributed by atoms with Crippen LogP contribution in [0.2, 0.25) is 0 Å². The Hall–Kier alpha value is -3.66. The van der Waals surface area contributed by atoms with Gasteiger partial charge in [0.05, 0.1) is 18.5 Å². The van der Waals surface area contributed by atoms with E-state index >= 15 is 0 Å². The van der Waals surface area contributed by atoms with E-state index in [1.165, 1.54) is 0 Å². The van der Waals surface area contributed by atoms with E-state index in [0.29, 0.717) is 49.8 Å². The number of alkyl halides is 1. The smallest absolute Gasteiger partial charge is 0.333 e. The van der Waals surface area contributed by atoms with Gasteiger partial charge in [-0.2, -0.15) is 0 Å². The van der Waals surface area contributed by atoms with Crippen molar-refractivity contribution in [1.82, 2.24) is 4.98 Å². The van der Waals surface area contributed by atoms with Crippen LogP contribution in [-0.2, 0) is 31.9 Å². The molecule has 0 amide bonds. The Bertz CT molecular complexity index is 1320. The first-order valence-corrected chi connectivity index (χ1v) is 15.8. The van der Waals surface area contributed by atoms with Crippen LogP contribution in [-0.4, -0.2) is 58.5 Å². The lowest BCUT2D eigenvalue weighted by molar-refractivity contribution is -0.161. The van der Waals surface area contributed by atoms with Gasteiger partial charge in [0.2, 0.25) is 0 Å². The number of aliphatic hydroxyl groups excluding tert-OH is 2. The van der Waals surface area contributed by atoms with Crippen molar-refractivity contribution >= 4 is 11.8 Å². The van der Waals surface area contributed by atoms with Crippen molar-refractivity contribution in [1.29, 1.82) is 0 Å². The van der Waals surface area contributed by atoms with Crippen molar-refractivity contribution in [2.75, 3.05) is 13.2 Å². The minimum Gasteiger partial charge on any atom is -0.469 e. The molecule has 0 radical (unpaired) electrons. The van der Waals surface area contributed by atoms with Gasteiger partial charge in [-0.1, -0.05) is 55.8 Å². The predicted octanol–water partition coefficient (Wildman–Crippen LogP) is 5.78. The summed E-state index contributed by atoms with van der Waals surface area (Å²) in [7, 11) is 0. The van der Waals surface area contributed by atoms with Crippen LogP contribution in [0.5, 0.6) is 0 Å².